The molecule has 19 heavy (non-hydrogen) atoms. The molecular formula is C14H22N2O3. The number of ether oxygens (including phenoxy) is 3. The lowest BCUT2D eigenvalue weighted by molar-refractivity contribution is -0.0480. The number of hydrogen-bond donors (Lipinski definition) is 1. The zero-order valence-corrected chi connectivity index (χ0v) is 11.6. The van der Waals surface area contributed by atoms with Crippen LogP contribution in [0.1, 0.15) is 20.3 Å². The Labute approximate surface area is 114 Å². The highest BCUT2D eigenvalue weighted by Gasteiger charge is 2.20. The van der Waals surface area contributed by atoms with E-state index < -0.39 is 0 Å². The Hall–Kier alpha value is -1.33. The van der Waals surface area contributed by atoms with E-state index >= 15 is 0 Å². The summed E-state index contributed by atoms with van der Waals surface area (Å²) in [6, 6.07) is 3.72. The first-order valence-corrected chi connectivity index (χ1v) is 6.86. The van der Waals surface area contributed by atoms with Gasteiger partial charge in [-0.05, 0) is 25.5 Å². The highest BCUT2D eigenvalue weighted by Crippen LogP contribution is 2.24. The van der Waals surface area contributed by atoms with Gasteiger partial charge in [0.15, 0.2) is 5.75 Å². The van der Waals surface area contributed by atoms with Crippen molar-refractivity contribution in [3.8, 4) is 11.6 Å². The summed E-state index contributed by atoms with van der Waals surface area (Å²) in [5.74, 6) is 1.24. The minimum absolute atomic E-state index is 0.0600. The van der Waals surface area contributed by atoms with Gasteiger partial charge < -0.3 is 19.5 Å². The summed E-state index contributed by atoms with van der Waals surface area (Å²) in [7, 11) is 0. The summed E-state index contributed by atoms with van der Waals surface area (Å²) in [5.41, 5.74) is 0. The molecule has 0 spiro atoms. The van der Waals surface area contributed by atoms with Crippen LogP contribution in [0.2, 0.25) is 0 Å². The first-order valence-electron chi connectivity index (χ1n) is 6.86. The van der Waals surface area contributed by atoms with Crippen LogP contribution < -0.4 is 14.8 Å². The summed E-state index contributed by atoms with van der Waals surface area (Å²) in [6.45, 7) is 6.97. The largest absolute Gasteiger partial charge is 0.488 e. The van der Waals surface area contributed by atoms with Crippen LogP contribution in [0.5, 0.6) is 11.6 Å². The molecule has 1 fully saturated rings. The fraction of sp³-hybridized carbons (Fsp3) is 0.643. The third-order valence-corrected chi connectivity index (χ3v) is 2.83. The number of nitrogens with one attached hydrogen (secondary N) is 1. The van der Waals surface area contributed by atoms with Crippen LogP contribution in [0, 0.1) is 0 Å². The van der Waals surface area contributed by atoms with Gasteiger partial charge >= 0.3 is 0 Å². The average Bonchev–Trinajstić information content (AvgIpc) is 2.44. The third kappa shape index (κ3) is 4.36. The van der Waals surface area contributed by atoms with Crippen molar-refractivity contribution in [2.75, 3.05) is 26.3 Å². The van der Waals surface area contributed by atoms with Gasteiger partial charge in [-0.1, -0.05) is 6.92 Å². The molecule has 2 atom stereocenters. The topological polar surface area (TPSA) is 52.6 Å². The SMILES string of the molecule is CCCOc1cccnc1OCC1CNCC(C)O1. The van der Waals surface area contributed by atoms with Gasteiger partial charge in [-0.3, -0.25) is 0 Å². The average molecular weight is 266 g/mol. The lowest BCUT2D eigenvalue weighted by Crippen LogP contribution is -2.45. The number of nitrogens with zero attached hydrogens (tertiary/aromatic N) is 1. The summed E-state index contributed by atoms with van der Waals surface area (Å²) in [4.78, 5) is 4.21. The summed E-state index contributed by atoms with van der Waals surface area (Å²) in [5, 5.41) is 3.31. The first kappa shape index (κ1) is 14.1. The molecule has 1 N–H and O–H groups in total. The van der Waals surface area contributed by atoms with E-state index in [4.69, 9.17) is 14.2 Å². The Balaban J connectivity index is 1.87. The maximum Gasteiger partial charge on any atom is 0.257 e. The molecule has 1 aliphatic heterocycles. The van der Waals surface area contributed by atoms with E-state index in [-0.39, 0.29) is 12.2 Å². The molecule has 0 aliphatic carbocycles. The predicted molar refractivity (Wildman–Crippen MR) is 72.7 cm³/mol. The van der Waals surface area contributed by atoms with Gasteiger partial charge in [0.2, 0.25) is 0 Å². The maximum absolute atomic E-state index is 5.77. The second-order valence-corrected chi connectivity index (χ2v) is 4.69. The van der Waals surface area contributed by atoms with Gasteiger partial charge in [-0.25, -0.2) is 4.98 Å². The van der Waals surface area contributed by atoms with Gasteiger partial charge in [0.1, 0.15) is 12.7 Å². The molecule has 106 valence electrons. The van der Waals surface area contributed by atoms with E-state index in [1.54, 1.807) is 6.20 Å². The first-order chi connectivity index (χ1) is 9.29. The zero-order valence-electron chi connectivity index (χ0n) is 11.6. The van der Waals surface area contributed by atoms with Crippen molar-refractivity contribution in [1.29, 1.82) is 0 Å². The van der Waals surface area contributed by atoms with Crippen molar-refractivity contribution in [2.45, 2.75) is 32.5 Å². The Morgan fingerprint density at radius 2 is 2.32 bits per heavy atom. The van der Waals surface area contributed by atoms with Crippen LogP contribution in [0.4, 0.5) is 0 Å². The van der Waals surface area contributed by atoms with E-state index in [9.17, 15) is 0 Å². The molecular weight excluding hydrogens is 244 g/mol. The minimum Gasteiger partial charge on any atom is -0.488 e. The molecule has 0 amide bonds. The Kier molecular flexibility index (Phi) is 5.42. The second-order valence-electron chi connectivity index (χ2n) is 4.69. The molecule has 0 saturated carbocycles. The molecule has 5 nitrogen and oxygen atoms in total. The number of pyridine rings is 1. The van der Waals surface area contributed by atoms with E-state index in [0.717, 1.165) is 19.5 Å². The number of aromatic nitrogens is 1. The van der Waals surface area contributed by atoms with Crippen molar-refractivity contribution >= 4 is 0 Å². The fourth-order valence-corrected chi connectivity index (χ4v) is 1.95. The molecule has 2 unspecified atom stereocenters. The van der Waals surface area contributed by atoms with Crippen molar-refractivity contribution in [2.24, 2.45) is 0 Å². The monoisotopic (exact) mass is 266 g/mol. The van der Waals surface area contributed by atoms with Gasteiger partial charge in [-0.15, -0.1) is 0 Å². The van der Waals surface area contributed by atoms with Crippen LogP contribution in [0.15, 0.2) is 18.3 Å². The molecule has 0 aromatic carbocycles. The van der Waals surface area contributed by atoms with Gasteiger partial charge in [0.05, 0.1) is 12.7 Å². The molecule has 0 bridgehead atoms. The quantitative estimate of drug-likeness (QED) is 0.848. The van der Waals surface area contributed by atoms with Crippen molar-refractivity contribution < 1.29 is 14.2 Å². The molecule has 1 aliphatic rings. The Morgan fingerprint density at radius 1 is 1.42 bits per heavy atom. The van der Waals surface area contributed by atoms with Crippen molar-refractivity contribution in [3.63, 3.8) is 0 Å². The highest BCUT2D eigenvalue weighted by atomic mass is 16.6. The van der Waals surface area contributed by atoms with Gasteiger partial charge in [0, 0.05) is 19.3 Å². The Morgan fingerprint density at radius 3 is 3.11 bits per heavy atom. The summed E-state index contributed by atoms with van der Waals surface area (Å²) in [6.07, 6.45) is 2.95. The highest BCUT2D eigenvalue weighted by molar-refractivity contribution is 5.32. The standard InChI is InChI=1S/C14H22N2O3/c1-3-7-17-13-5-4-6-16-14(13)18-10-12-9-15-8-11(2)19-12/h4-6,11-12,15H,3,7-10H2,1-2H3. The molecule has 1 saturated heterocycles. The molecule has 1 aromatic heterocycles. The molecule has 1 aromatic rings. The van der Waals surface area contributed by atoms with Crippen LogP contribution in [0.25, 0.3) is 0 Å². The van der Waals surface area contributed by atoms with Crippen LogP contribution >= 0.6 is 0 Å². The second kappa shape index (κ2) is 7.31. The summed E-state index contributed by atoms with van der Waals surface area (Å²) >= 11 is 0. The molecule has 5 heteroatoms. The normalized spacial score (nSPS) is 23.1. The van der Waals surface area contributed by atoms with Crippen molar-refractivity contribution in [3.05, 3.63) is 18.3 Å². The van der Waals surface area contributed by atoms with E-state index in [1.165, 1.54) is 0 Å². The number of rotatable bonds is 6. The lowest BCUT2D eigenvalue weighted by atomic mass is 10.2. The van der Waals surface area contributed by atoms with Crippen LogP contribution in [-0.4, -0.2) is 43.5 Å². The Bertz CT molecular complexity index is 387. The lowest BCUT2D eigenvalue weighted by Gasteiger charge is -2.28. The maximum atomic E-state index is 5.77. The number of morpholine rings is 1. The molecule has 2 heterocycles. The summed E-state index contributed by atoms with van der Waals surface area (Å²) < 4.78 is 17.1. The number of hydrogen-bond acceptors (Lipinski definition) is 5. The zero-order chi connectivity index (χ0) is 13.5. The van der Waals surface area contributed by atoms with Crippen LogP contribution in [0.3, 0.4) is 0 Å². The van der Waals surface area contributed by atoms with E-state index in [1.807, 2.05) is 12.1 Å². The van der Waals surface area contributed by atoms with Gasteiger partial charge in [0.25, 0.3) is 5.88 Å². The predicted octanol–water partition coefficient (Wildman–Crippen LogP) is 1.63. The minimum atomic E-state index is 0.0600. The van der Waals surface area contributed by atoms with Crippen molar-refractivity contribution in [1.82, 2.24) is 10.3 Å². The van der Waals surface area contributed by atoms with Gasteiger partial charge in [-0.2, -0.15) is 0 Å². The van der Waals surface area contributed by atoms with Crippen LogP contribution in [-0.2, 0) is 4.74 Å². The van der Waals surface area contributed by atoms with E-state index in [2.05, 4.69) is 24.1 Å². The molecule has 2 rings (SSSR count). The fourth-order valence-electron chi connectivity index (χ4n) is 1.95. The molecule has 0 radical (unpaired) electrons. The third-order valence-electron chi connectivity index (χ3n) is 2.83. The smallest absolute Gasteiger partial charge is 0.257 e. The van der Waals surface area contributed by atoms with E-state index in [0.29, 0.717) is 24.8 Å².